The monoisotopic (exact) mass is 427 g/mol. The van der Waals surface area contributed by atoms with E-state index in [1.807, 2.05) is 26.0 Å². The number of carbonyl (C=O) groups is 1. The average molecular weight is 428 g/mol. The molecule has 0 saturated carbocycles. The molecular weight excluding hydrogens is 402 g/mol. The smallest absolute Gasteiger partial charge is 0.212 e. The lowest BCUT2D eigenvalue weighted by molar-refractivity contribution is 0.0588. The van der Waals surface area contributed by atoms with Crippen LogP contribution in [0.5, 0.6) is 0 Å². The Morgan fingerprint density at radius 1 is 1.20 bits per heavy atom. The van der Waals surface area contributed by atoms with Crippen LogP contribution in [0.15, 0.2) is 54.9 Å². The summed E-state index contributed by atoms with van der Waals surface area (Å²) in [4.78, 5) is 17.1. The quantitative estimate of drug-likeness (QED) is 0.560. The van der Waals surface area contributed by atoms with Gasteiger partial charge in [0.25, 0.3) is 0 Å². The third-order valence-corrected chi connectivity index (χ3v) is 6.04. The van der Waals surface area contributed by atoms with Crippen LogP contribution in [0.3, 0.4) is 0 Å². The standard InChI is InChI=1S/C22H25N3O4S/c1-15-6-8-17(9-7-15)21(26)20-16(2)11-19(25(20)3)12-22(27,14-30(23,28)29)18-5-4-10-24-13-18/h4-11,13,27H,12,14H2,1-3H3,(H2,23,28,29). The van der Waals surface area contributed by atoms with E-state index in [0.717, 1.165) is 11.1 Å². The predicted octanol–water partition coefficient (Wildman–Crippen LogP) is 1.99. The fourth-order valence-corrected chi connectivity index (χ4v) is 4.61. The molecule has 3 rings (SSSR count). The number of hydrogen-bond acceptors (Lipinski definition) is 5. The van der Waals surface area contributed by atoms with Crippen LogP contribution in [-0.2, 0) is 29.1 Å². The minimum Gasteiger partial charge on any atom is -0.384 e. The van der Waals surface area contributed by atoms with Crippen LogP contribution in [0.2, 0.25) is 0 Å². The number of primary sulfonamides is 1. The number of carbonyl (C=O) groups excluding carboxylic acids is 1. The van der Waals surface area contributed by atoms with E-state index in [-0.39, 0.29) is 12.2 Å². The maximum atomic E-state index is 13.1. The number of hydrogen-bond donors (Lipinski definition) is 2. The second-order valence-corrected chi connectivity index (χ2v) is 9.29. The van der Waals surface area contributed by atoms with Gasteiger partial charge in [0.1, 0.15) is 5.60 Å². The first-order valence-electron chi connectivity index (χ1n) is 9.40. The molecule has 1 aromatic carbocycles. The molecule has 0 saturated heterocycles. The molecular formula is C22H25N3O4S. The predicted molar refractivity (Wildman–Crippen MR) is 115 cm³/mol. The molecule has 0 aliphatic carbocycles. The fraction of sp³-hybridized carbons (Fsp3) is 0.273. The molecule has 0 spiro atoms. The molecule has 1 atom stereocenters. The first-order chi connectivity index (χ1) is 14.0. The van der Waals surface area contributed by atoms with Gasteiger partial charge in [0.15, 0.2) is 0 Å². The number of aromatic nitrogens is 2. The molecule has 2 aromatic heterocycles. The Bertz CT molecular complexity index is 1170. The normalized spacial score (nSPS) is 13.8. The SMILES string of the molecule is Cc1ccc(C(=O)c2c(C)cc(CC(O)(CS(N)(=O)=O)c3cccnc3)n2C)cc1. The maximum absolute atomic E-state index is 13.1. The van der Waals surface area contributed by atoms with Crippen LogP contribution in [0.1, 0.15) is 38.4 Å². The van der Waals surface area contributed by atoms with Gasteiger partial charge in [0.2, 0.25) is 15.8 Å². The highest BCUT2D eigenvalue weighted by molar-refractivity contribution is 7.89. The van der Waals surface area contributed by atoms with Crippen molar-refractivity contribution in [1.29, 1.82) is 0 Å². The van der Waals surface area contributed by atoms with Gasteiger partial charge in [-0.2, -0.15) is 0 Å². The molecule has 3 aromatic rings. The minimum absolute atomic E-state index is 0.0480. The van der Waals surface area contributed by atoms with Crippen molar-refractivity contribution in [3.05, 3.63) is 88.5 Å². The number of sulfonamides is 1. The first-order valence-corrected chi connectivity index (χ1v) is 11.1. The van der Waals surface area contributed by atoms with Gasteiger partial charge in [-0.25, -0.2) is 13.6 Å². The fourth-order valence-electron chi connectivity index (χ4n) is 3.67. The summed E-state index contributed by atoms with van der Waals surface area (Å²) in [6.45, 7) is 3.76. The topological polar surface area (TPSA) is 115 Å². The van der Waals surface area contributed by atoms with Gasteiger partial charge in [-0.05, 0) is 31.5 Å². The molecule has 1 unspecified atom stereocenters. The highest BCUT2D eigenvalue weighted by Gasteiger charge is 2.36. The number of ketones is 1. The summed E-state index contributed by atoms with van der Waals surface area (Å²) in [5.41, 5.74) is 2.00. The van der Waals surface area contributed by atoms with Gasteiger partial charge in [0, 0.05) is 42.7 Å². The van der Waals surface area contributed by atoms with Crippen molar-refractivity contribution in [1.82, 2.24) is 9.55 Å². The zero-order valence-electron chi connectivity index (χ0n) is 17.2. The second kappa shape index (κ2) is 8.14. The number of pyridine rings is 1. The summed E-state index contributed by atoms with van der Waals surface area (Å²) in [5, 5.41) is 16.5. The number of aliphatic hydroxyl groups is 1. The lowest BCUT2D eigenvalue weighted by Crippen LogP contribution is -2.40. The minimum atomic E-state index is -3.98. The van der Waals surface area contributed by atoms with Crippen LogP contribution in [0.4, 0.5) is 0 Å². The number of nitrogens with zero attached hydrogens (tertiary/aromatic N) is 2. The van der Waals surface area contributed by atoms with E-state index in [1.54, 1.807) is 41.9 Å². The van der Waals surface area contributed by atoms with Crippen LogP contribution in [0, 0.1) is 13.8 Å². The van der Waals surface area contributed by atoms with E-state index in [2.05, 4.69) is 4.98 Å². The molecule has 2 heterocycles. The van der Waals surface area contributed by atoms with Gasteiger partial charge in [-0.15, -0.1) is 0 Å². The van der Waals surface area contributed by atoms with E-state index in [1.165, 1.54) is 12.4 Å². The summed E-state index contributed by atoms with van der Waals surface area (Å²) in [6.07, 6.45) is 2.90. The summed E-state index contributed by atoms with van der Waals surface area (Å²) < 4.78 is 25.3. The van der Waals surface area contributed by atoms with Crippen molar-refractivity contribution in [2.75, 3.05) is 5.75 Å². The average Bonchev–Trinajstić information content (AvgIpc) is 2.94. The Hall–Kier alpha value is -2.81. The van der Waals surface area contributed by atoms with Crippen LogP contribution in [-0.4, -0.2) is 34.6 Å². The van der Waals surface area contributed by atoms with E-state index in [4.69, 9.17) is 5.14 Å². The Balaban J connectivity index is 2.02. The molecule has 0 aliphatic rings. The molecule has 3 N–H and O–H groups in total. The van der Waals surface area contributed by atoms with Crippen molar-refractivity contribution < 1.29 is 18.3 Å². The summed E-state index contributed by atoms with van der Waals surface area (Å²) in [5.74, 6) is -0.811. The van der Waals surface area contributed by atoms with Gasteiger partial charge in [-0.1, -0.05) is 35.9 Å². The number of aryl methyl sites for hydroxylation is 2. The third-order valence-electron chi connectivity index (χ3n) is 5.16. The van der Waals surface area contributed by atoms with Crippen molar-refractivity contribution in [2.45, 2.75) is 25.9 Å². The lowest BCUT2D eigenvalue weighted by atomic mass is 9.92. The van der Waals surface area contributed by atoms with Gasteiger partial charge in [-0.3, -0.25) is 9.78 Å². The van der Waals surface area contributed by atoms with Gasteiger partial charge >= 0.3 is 0 Å². The number of benzene rings is 1. The van der Waals surface area contributed by atoms with Gasteiger partial charge < -0.3 is 9.67 Å². The Morgan fingerprint density at radius 2 is 1.87 bits per heavy atom. The molecule has 0 amide bonds. The zero-order valence-corrected chi connectivity index (χ0v) is 18.0. The van der Waals surface area contributed by atoms with Crippen molar-refractivity contribution in [3.63, 3.8) is 0 Å². The lowest BCUT2D eigenvalue weighted by Gasteiger charge is -2.27. The molecule has 0 radical (unpaired) electrons. The van der Waals surface area contributed by atoms with Crippen LogP contribution >= 0.6 is 0 Å². The second-order valence-electron chi connectivity index (χ2n) is 7.68. The number of rotatable bonds is 7. The highest BCUT2D eigenvalue weighted by atomic mass is 32.2. The van der Waals surface area contributed by atoms with E-state index in [0.29, 0.717) is 22.5 Å². The largest absolute Gasteiger partial charge is 0.384 e. The number of nitrogens with two attached hydrogens (primary N) is 1. The van der Waals surface area contributed by atoms with Crippen molar-refractivity contribution >= 4 is 15.8 Å². The van der Waals surface area contributed by atoms with Crippen molar-refractivity contribution in [3.8, 4) is 0 Å². The molecule has 158 valence electrons. The van der Waals surface area contributed by atoms with Crippen molar-refractivity contribution in [2.24, 2.45) is 12.2 Å². The molecule has 0 fully saturated rings. The van der Waals surface area contributed by atoms with E-state index >= 15 is 0 Å². The Labute approximate surface area is 176 Å². The zero-order chi connectivity index (χ0) is 22.1. The molecule has 8 heteroatoms. The van der Waals surface area contributed by atoms with E-state index in [9.17, 15) is 18.3 Å². The summed E-state index contributed by atoms with van der Waals surface area (Å²) >= 11 is 0. The summed E-state index contributed by atoms with van der Waals surface area (Å²) in [6, 6.07) is 12.3. The highest BCUT2D eigenvalue weighted by Crippen LogP contribution is 2.29. The van der Waals surface area contributed by atoms with Crippen LogP contribution in [0.25, 0.3) is 0 Å². The van der Waals surface area contributed by atoms with Crippen LogP contribution < -0.4 is 5.14 Å². The van der Waals surface area contributed by atoms with E-state index < -0.39 is 21.4 Å². The van der Waals surface area contributed by atoms with Gasteiger partial charge in [0.05, 0.1) is 11.4 Å². The molecule has 7 nitrogen and oxygen atoms in total. The summed E-state index contributed by atoms with van der Waals surface area (Å²) in [7, 11) is -2.26. The third kappa shape index (κ3) is 4.67. The maximum Gasteiger partial charge on any atom is 0.212 e. The molecule has 0 aliphatic heterocycles. The first kappa shape index (κ1) is 21.9. The molecule has 30 heavy (non-hydrogen) atoms. The Kier molecular flexibility index (Phi) is 5.94. The molecule has 0 bridgehead atoms. The Morgan fingerprint density at radius 3 is 2.43 bits per heavy atom.